The van der Waals surface area contributed by atoms with Gasteiger partial charge < -0.3 is 4.90 Å². The maximum absolute atomic E-state index is 11.9. The van der Waals surface area contributed by atoms with Gasteiger partial charge in [0.2, 0.25) is 0 Å². The first-order chi connectivity index (χ1) is 8.27. The molecule has 0 bridgehead atoms. The zero-order chi connectivity index (χ0) is 12.5. The van der Waals surface area contributed by atoms with Gasteiger partial charge in [-0.1, -0.05) is 31.4 Å². The van der Waals surface area contributed by atoms with Gasteiger partial charge in [-0.15, -0.1) is 13.2 Å². The molecule has 1 N–H and O–H groups in total. The van der Waals surface area contributed by atoms with Gasteiger partial charge in [0.1, 0.15) is 0 Å². The van der Waals surface area contributed by atoms with Crippen LogP contribution in [0.15, 0.2) is 25.3 Å². The third-order valence-corrected chi connectivity index (χ3v) is 3.95. The van der Waals surface area contributed by atoms with Gasteiger partial charge in [0, 0.05) is 18.3 Å². The maximum Gasteiger partial charge on any atom is 0.327 e. The maximum atomic E-state index is 11.9. The summed E-state index contributed by atoms with van der Waals surface area (Å²) < 4.78 is 2.93. The highest BCUT2D eigenvalue weighted by Crippen LogP contribution is 2.26. The first kappa shape index (κ1) is 14.2. The molecule has 0 aliphatic heterocycles. The molecular weight excluding hydrogens is 232 g/mol. The molecule has 0 aromatic carbocycles. The van der Waals surface area contributed by atoms with Crippen molar-refractivity contribution in [3.8, 4) is 0 Å². The van der Waals surface area contributed by atoms with E-state index in [2.05, 4.69) is 17.9 Å². The fourth-order valence-corrected chi connectivity index (χ4v) is 2.90. The summed E-state index contributed by atoms with van der Waals surface area (Å²) in [6, 6.07) is -0.0413. The minimum Gasteiger partial charge on any atom is -0.317 e. The molecule has 0 saturated heterocycles. The Labute approximate surface area is 108 Å². The van der Waals surface area contributed by atoms with Crippen molar-refractivity contribution in [1.29, 1.82) is 0 Å². The molecule has 0 spiro atoms. The van der Waals surface area contributed by atoms with Gasteiger partial charge in [-0.3, -0.25) is 4.72 Å². The summed E-state index contributed by atoms with van der Waals surface area (Å²) in [6.07, 6.45) is 9.81. The molecule has 2 amide bonds. The first-order valence-corrected chi connectivity index (χ1v) is 7.08. The number of rotatable bonds is 6. The Morgan fingerprint density at radius 2 is 1.82 bits per heavy atom. The van der Waals surface area contributed by atoms with Gasteiger partial charge in [-0.25, -0.2) is 4.79 Å². The van der Waals surface area contributed by atoms with E-state index in [9.17, 15) is 4.79 Å². The zero-order valence-electron chi connectivity index (χ0n) is 10.4. The van der Waals surface area contributed by atoms with Crippen LogP contribution in [0.2, 0.25) is 0 Å². The van der Waals surface area contributed by atoms with Gasteiger partial charge in [0.05, 0.1) is 0 Å². The largest absolute Gasteiger partial charge is 0.327 e. The molecule has 0 atom stereocenters. The predicted octanol–water partition coefficient (Wildman–Crippen LogP) is 3.35. The molecule has 1 aliphatic rings. The molecule has 96 valence electrons. The average Bonchev–Trinajstić information content (AvgIpc) is 2.37. The molecule has 1 rings (SSSR count). The molecule has 0 aromatic heterocycles. The zero-order valence-corrected chi connectivity index (χ0v) is 11.2. The normalized spacial score (nSPS) is 16.2. The van der Waals surface area contributed by atoms with E-state index in [1.54, 1.807) is 29.0 Å². The Balaban J connectivity index is 2.29. The summed E-state index contributed by atoms with van der Waals surface area (Å²) in [5, 5.41) is 0.585. The summed E-state index contributed by atoms with van der Waals surface area (Å²) in [6.45, 7) is 8.42. The van der Waals surface area contributed by atoms with E-state index in [-0.39, 0.29) is 6.03 Å². The fraction of sp³-hybridized carbons (Fsp3) is 0.615. The first-order valence-electron chi connectivity index (χ1n) is 6.20. The summed E-state index contributed by atoms with van der Waals surface area (Å²) in [5.74, 6) is 0. The molecule has 4 heteroatoms. The SMILES string of the molecule is C=CCN(CC=C)C(=O)NSC1CCCCC1. The minimum atomic E-state index is -0.0413. The molecule has 0 aromatic rings. The molecule has 17 heavy (non-hydrogen) atoms. The van der Waals surface area contributed by atoms with Crippen molar-refractivity contribution in [2.24, 2.45) is 0 Å². The Bertz CT molecular complexity index is 252. The standard InChI is InChI=1S/C13H22N2OS/c1-3-10-15(11-4-2)13(16)14-17-12-8-6-5-7-9-12/h3-4,12H,1-2,5-11H2,(H,14,16). The van der Waals surface area contributed by atoms with Crippen molar-refractivity contribution in [3.05, 3.63) is 25.3 Å². The van der Waals surface area contributed by atoms with Crippen LogP contribution < -0.4 is 4.72 Å². The van der Waals surface area contributed by atoms with Crippen molar-refractivity contribution in [1.82, 2.24) is 9.62 Å². The van der Waals surface area contributed by atoms with Crippen LogP contribution in [0, 0.1) is 0 Å². The number of nitrogens with zero attached hydrogens (tertiary/aromatic N) is 1. The highest BCUT2D eigenvalue weighted by molar-refractivity contribution is 7.98. The number of nitrogens with one attached hydrogen (secondary N) is 1. The van der Waals surface area contributed by atoms with Crippen molar-refractivity contribution < 1.29 is 4.79 Å². The van der Waals surface area contributed by atoms with Crippen LogP contribution in [0.25, 0.3) is 0 Å². The van der Waals surface area contributed by atoms with Crippen LogP contribution in [-0.4, -0.2) is 29.3 Å². The van der Waals surface area contributed by atoms with Crippen molar-refractivity contribution >= 4 is 18.0 Å². The monoisotopic (exact) mass is 254 g/mol. The van der Waals surface area contributed by atoms with Gasteiger partial charge in [0.25, 0.3) is 0 Å². The summed E-state index contributed by atoms with van der Waals surface area (Å²) in [5.41, 5.74) is 0. The van der Waals surface area contributed by atoms with Crippen LogP contribution >= 0.6 is 11.9 Å². The van der Waals surface area contributed by atoms with Crippen molar-refractivity contribution in [2.75, 3.05) is 13.1 Å². The van der Waals surface area contributed by atoms with Crippen LogP contribution in [0.3, 0.4) is 0 Å². The highest BCUT2D eigenvalue weighted by Gasteiger charge is 2.17. The number of hydrogen-bond acceptors (Lipinski definition) is 2. The van der Waals surface area contributed by atoms with Gasteiger partial charge in [-0.05, 0) is 24.8 Å². The average molecular weight is 254 g/mol. The molecule has 1 saturated carbocycles. The lowest BCUT2D eigenvalue weighted by atomic mass is 10.0. The topological polar surface area (TPSA) is 32.3 Å². The molecule has 0 radical (unpaired) electrons. The molecule has 0 unspecified atom stereocenters. The second-order valence-corrected chi connectivity index (χ2v) is 5.37. The van der Waals surface area contributed by atoms with Crippen molar-refractivity contribution in [2.45, 2.75) is 37.4 Å². The third kappa shape index (κ3) is 5.31. The minimum absolute atomic E-state index is 0.0413. The number of hydrogen-bond donors (Lipinski definition) is 1. The number of carbonyl (C=O) groups is 1. The summed E-state index contributed by atoms with van der Waals surface area (Å²) in [4.78, 5) is 13.6. The Kier molecular flexibility index (Phi) is 6.86. The Morgan fingerprint density at radius 1 is 1.24 bits per heavy atom. The van der Waals surface area contributed by atoms with E-state index >= 15 is 0 Å². The molecule has 0 heterocycles. The van der Waals surface area contributed by atoms with E-state index in [1.807, 2.05) is 0 Å². The Hall–Kier alpha value is -0.900. The third-order valence-electron chi connectivity index (χ3n) is 2.85. The van der Waals surface area contributed by atoms with Gasteiger partial charge in [-0.2, -0.15) is 0 Å². The Morgan fingerprint density at radius 3 is 2.35 bits per heavy atom. The lowest BCUT2D eigenvalue weighted by Crippen LogP contribution is -2.38. The van der Waals surface area contributed by atoms with Crippen LogP contribution in [0.1, 0.15) is 32.1 Å². The van der Waals surface area contributed by atoms with Crippen LogP contribution in [0.4, 0.5) is 4.79 Å². The number of carbonyl (C=O) groups excluding carboxylic acids is 1. The van der Waals surface area contributed by atoms with Gasteiger partial charge in [0.15, 0.2) is 0 Å². The predicted molar refractivity (Wildman–Crippen MR) is 75.0 cm³/mol. The fourth-order valence-electron chi connectivity index (χ4n) is 1.93. The second kappa shape index (κ2) is 8.23. The molecule has 3 nitrogen and oxygen atoms in total. The lowest BCUT2D eigenvalue weighted by molar-refractivity contribution is 0.215. The molecule has 1 aliphatic carbocycles. The smallest absolute Gasteiger partial charge is 0.317 e. The molecular formula is C13H22N2OS. The van der Waals surface area contributed by atoms with Crippen LogP contribution in [0.5, 0.6) is 0 Å². The molecule has 1 fully saturated rings. The van der Waals surface area contributed by atoms with E-state index in [0.29, 0.717) is 18.3 Å². The van der Waals surface area contributed by atoms with Gasteiger partial charge >= 0.3 is 6.03 Å². The highest BCUT2D eigenvalue weighted by atomic mass is 32.2. The van der Waals surface area contributed by atoms with Crippen LogP contribution in [-0.2, 0) is 0 Å². The quantitative estimate of drug-likeness (QED) is 0.582. The summed E-state index contributed by atoms with van der Waals surface area (Å²) in [7, 11) is 0. The number of amides is 2. The lowest BCUT2D eigenvalue weighted by Gasteiger charge is -2.24. The van der Waals surface area contributed by atoms with E-state index in [4.69, 9.17) is 0 Å². The number of urea groups is 1. The van der Waals surface area contributed by atoms with E-state index < -0.39 is 0 Å². The van der Waals surface area contributed by atoms with E-state index in [0.717, 1.165) is 0 Å². The van der Waals surface area contributed by atoms with E-state index in [1.165, 1.54) is 32.1 Å². The summed E-state index contributed by atoms with van der Waals surface area (Å²) >= 11 is 1.58. The van der Waals surface area contributed by atoms with Crippen molar-refractivity contribution in [3.63, 3.8) is 0 Å². The second-order valence-electron chi connectivity index (χ2n) is 4.27.